The van der Waals surface area contributed by atoms with Crippen molar-refractivity contribution in [1.29, 1.82) is 0 Å². The molecule has 0 unspecified atom stereocenters. The predicted octanol–water partition coefficient (Wildman–Crippen LogP) is 4.45. The summed E-state index contributed by atoms with van der Waals surface area (Å²) in [5, 5.41) is 19.0. The molecule has 4 nitrogen and oxygen atoms in total. The van der Waals surface area contributed by atoms with Crippen LogP contribution in [-0.4, -0.2) is 27.6 Å². The molecule has 0 aliphatic heterocycles. The number of carbonyl (C=O) groups excluding carboxylic acids is 1. The van der Waals surface area contributed by atoms with Gasteiger partial charge in [-0.25, -0.2) is 0 Å². The Morgan fingerprint density at radius 2 is 2.04 bits per heavy atom. The first-order valence-electron chi connectivity index (χ1n) is 9.36. The summed E-state index contributed by atoms with van der Waals surface area (Å²) in [5.41, 5.74) is -0.866. The molecule has 0 spiro atoms. The molecule has 0 amide bonds. The number of carboxylic acids is 1. The fourth-order valence-electron chi connectivity index (χ4n) is 2.99. The third kappa shape index (κ3) is 8.82. The number of carboxylic acid groups (broad SMARTS) is 1. The van der Waals surface area contributed by atoms with Crippen LogP contribution in [0.5, 0.6) is 0 Å². The molecule has 1 aliphatic carbocycles. The van der Waals surface area contributed by atoms with Gasteiger partial charge in [0.1, 0.15) is 0 Å². The van der Waals surface area contributed by atoms with Crippen LogP contribution in [0.4, 0.5) is 0 Å². The summed E-state index contributed by atoms with van der Waals surface area (Å²) in [5.74, 6) is -0.772. The van der Waals surface area contributed by atoms with Crippen LogP contribution in [-0.2, 0) is 9.59 Å². The minimum Gasteiger partial charge on any atom is -0.481 e. The second kappa shape index (κ2) is 11.0. The van der Waals surface area contributed by atoms with Gasteiger partial charge in [-0.2, -0.15) is 0 Å². The fraction of sp³-hybridized carbons (Fsp3) is 0.619. The summed E-state index contributed by atoms with van der Waals surface area (Å²) in [4.78, 5) is 22.5. The van der Waals surface area contributed by atoms with Crippen LogP contribution in [0.25, 0.3) is 0 Å². The number of allylic oxidation sites excluding steroid dienone is 5. The summed E-state index contributed by atoms with van der Waals surface area (Å²) < 4.78 is 0. The van der Waals surface area contributed by atoms with Gasteiger partial charge in [0.2, 0.25) is 0 Å². The van der Waals surface area contributed by atoms with Gasteiger partial charge < -0.3 is 10.2 Å². The first-order valence-corrected chi connectivity index (χ1v) is 9.36. The Morgan fingerprint density at radius 1 is 1.28 bits per heavy atom. The van der Waals surface area contributed by atoms with Gasteiger partial charge in [0.25, 0.3) is 0 Å². The van der Waals surface area contributed by atoms with E-state index in [-0.39, 0.29) is 24.0 Å². The Hall–Kier alpha value is -1.68. The summed E-state index contributed by atoms with van der Waals surface area (Å²) in [6.45, 7) is 3.93. The molecule has 0 saturated heterocycles. The maximum atomic E-state index is 12.1. The number of rotatable bonds is 12. The van der Waals surface area contributed by atoms with Gasteiger partial charge in [0, 0.05) is 12.3 Å². The Labute approximate surface area is 151 Å². The van der Waals surface area contributed by atoms with Crippen LogP contribution in [0.3, 0.4) is 0 Å². The summed E-state index contributed by atoms with van der Waals surface area (Å²) in [7, 11) is 0. The molecular formula is C21H32O4. The molecule has 0 radical (unpaired) electrons. The molecule has 0 aromatic rings. The van der Waals surface area contributed by atoms with E-state index >= 15 is 0 Å². The van der Waals surface area contributed by atoms with E-state index in [9.17, 15) is 14.7 Å². The number of aliphatic carboxylic acids is 1. The molecular weight excluding hydrogens is 316 g/mol. The molecule has 0 fully saturated rings. The van der Waals surface area contributed by atoms with Gasteiger partial charge in [0.05, 0.1) is 5.60 Å². The number of hydrogen-bond acceptors (Lipinski definition) is 3. The second-order valence-electron chi connectivity index (χ2n) is 7.12. The Balaban J connectivity index is 2.48. The smallest absolute Gasteiger partial charge is 0.303 e. The van der Waals surface area contributed by atoms with Crippen LogP contribution in [0.15, 0.2) is 36.5 Å². The average molecular weight is 348 g/mol. The van der Waals surface area contributed by atoms with Crippen molar-refractivity contribution < 1.29 is 19.8 Å². The lowest BCUT2D eigenvalue weighted by Crippen LogP contribution is -2.22. The van der Waals surface area contributed by atoms with Gasteiger partial charge >= 0.3 is 5.97 Å². The number of ketones is 1. The molecule has 0 saturated carbocycles. The van der Waals surface area contributed by atoms with Crippen molar-refractivity contribution in [2.45, 2.75) is 70.8 Å². The predicted molar refractivity (Wildman–Crippen MR) is 100 cm³/mol. The first-order chi connectivity index (χ1) is 11.9. The summed E-state index contributed by atoms with van der Waals surface area (Å²) >= 11 is 0. The van der Waals surface area contributed by atoms with Gasteiger partial charge in [-0.1, -0.05) is 56.6 Å². The zero-order valence-electron chi connectivity index (χ0n) is 15.5. The Morgan fingerprint density at radius 3 is 2.72 bits per heavy atom. The average Bonchev–Trinajstić information content (AvgIpc) is 2.89. The Kier molecular flexibility index (Phi) is 9.43. The molecule has 4 heteroatoms. The van der Waals surface area contributed by atoms with Gasteiger partial charge in [0.15, 0.2) is 5.78 Å². The maximum Gasteiger partial charge on any atom is 0.303 e. The van der Waals surface area contributed by atoms with Crippen molar-refractivity contribution in [1.82, 2.24) is 0 Å². The number of carbonyl (C=O) groups is 2. The molecule has 0 aromatic heterocycles. The van der Waals surface area contributed by atoms with Gasteiger partial charge in [-0.15, -0.1) is 0 Å². The summed E-state index contributed by atoms with van der Waals surface area (Å²) in [6, 6.07) is 0. The highest BCUT2D eigenvalue weighted by Gasteiger charge is 2.28. The van der Waals surface area contributed by atoms with Crippen LogP contribution < -0.4 is 0 Å². The van der Waals surface area contributed by atoms with Crippen molar-refractivity contribution in [2.75, 3.05) is 0 Å². The number of hydrogen-bond donors (Lipinski definition) is 2. The molecule has 0 aromatic carbocycles. The van der Waals surface area contributed by atoms with E-state index < -0.39 is 11.6 Å². The molecule has 2 N–H and O–H groups in total. The largest absolute Gasteiger partial charge is 0.481 e. The zero-order valence-corrected chi connectivity index (χ0v) is 15.5. The van der Waals surface area contributed by atoms with Gasteiger partial charge in [-0.3, -0.25) is 9.59 Å². The van der Waals surface area contributed by atoms with Crippen molar-refractivity contribution >= 4 is 11.8 Å². The van der Waals surface area contributed by atoms with E-state index in [1.54, 1.807) is 19.1 Å². The fourth-order valence-corrected chi connectivity index (χ4v) is 2.99. The highest BCUT2D eigenvalue weighted by molar-refractivity contribution is 5.95. The molecule has 1 rings (SSSR count). The molecule has 25 heavy (non-hydrogen) atoms. The van der Waals surface area contributed by atoms with Crippen LogP contribution >= 0.6 is 0 Å². The molecule has 1 aliphatic rings. The van der Waals surface area contributed by atoms with Crippen LogP contribution in [0.1, 0.15) is 65.2 Å². The minimum absolute atomic E-state index is 0.0879. The van der Waals surface area contributed by atoms with E-state index in [0.29, 0.717) is 12.8 Å². The highest BCUT2D eigenvalue weighted by atomic mass is 16.4. The quantitative estimate of drug-likeness (QED) is 0.404. The van der Waals surface area contributed by atoms with Crippen molar-refractivity contribution in [2.24, 2.45) is 11.8 Å². The Bertz CT molecular complexity index is 514. The normalized spacial score (nSPS) is 22.9. The SMILES string of the molecule is CCCCC[C@](C)(O)/C=C/[C@H]1C(=O)C=C[C@@H]1C/C=C\CCCC(=O)O. The van der Waals surface area contributed by atoms with Gasteiger partial charge in [-0.05, 0) is 44.6 Å². The zero-order chi connectivity index (χ0) is 18.7. The highest BCUT2D eigenvalue weighted by Crippen LogP contribution is 2.28. The monoisotopic (exact) mass is 348 g/mol. The van der Waals surface area contributed by atoms with E-state index in [2.05, 4.69) is 6.92 Å². The lowest BCUT2D eigenvalue weighted by atomic mass is 9.88. The van der Waals surface area contributed by atoms with Crippen molar-refractivity contribution in [3.8, 4) is 0 Å². The van der Waals surface area contributed by atoms with Crippen molar-refractivity contribution in [3.63, 3.8) is 0 Å². The number of unbranched alkanes of at least 4 members (excludes halogenated alkanes) is 3. The lowest BCUT2D eigenvalue weighted by molar-refractivity contribution is -0.137. The van der Waals surface area contributed by atoms with Crippen LogP contribution in [0.2, 0.25) is 0 Å². The number of aliphatic hydroxyl groups is 1. The molecule has 3 atom stereocenters. The lowest BCUT2D eigenvalue weighted by Gasteiger charge is -2.20. The second-order valence-corrected chi connectivity index (χ2v) is 7.12. The first kappa shape index (κ1) is 21.4. The maximum absolute atomic E-state index is 12.1. The third-order valence-corrected chi connectivity index (χ3v) is 4.58. The van der Waals surface area contributed by atoms with E-state index in [1.807, 2.05) is 24.3 Å². The molecule has 0 heterocycles. The molecule has 140 valence electrons. The topological polar surface area (TPSA) is 74.6 Å². The van der Waals surface area contributed by atoms with E-state index in [1.165, 1.54) is 0 Å². The van der Waals surface area contributed by atoms with E-state index in [4.69, 9.17) is 5.11 Å². The minimum atomic E-state index is -0.866. The third-order valence-electron chi connectivity index (χ3n) is 4.58. The molecule has 0 bridgehead atoms. The van der Waals surface area contributed by atoms with Crippen LogP contribution in [0, 0.1) is 11.8 Å². The standard InChI is InChI=1S/C21H32O4/c1-3-4-9-15-21(2,25)16-14-18-17(12-13-19(18)22)10-7-5-6-8-11-20(23)24/h5,7,12-14,16-18,25H,3-4,6,8-11,15H2,1-2H3,(H,23,24)/b7-5-,16-14+/t17-,18+,21-/m0/s1. The summed E-state index contributed by atoms with van der Waals surface area (Å²) in [6.07, 6.45) is 17.4. The van der Waals surface area contributed by atoms with Crippen molar-refractivity contribution in [3.05, 3.63) is 36.5 Å². The van der Waals surface area contributed by atoms with E-state index in [0.717, 1.165) is 32.1 Å².